The van der Waals surface area contributed by atoms with Gasteiger partial charge in [0.2, 0.25) is 4.77 Å². The third kappa shape index (κ3) is 1.44. The van der Waals surface area contributed by atoms with Gasteiger partial charge in [0.05, 0.1) is 0 Å². The summed E-state index contributed by atoms with van der Waals surface area (Å²) >= 11 is 4.64. The monoisotopic (exact) mass is 124 g/mol. The Labute approximate surface area is 64.9 Å². The molecule has 0 radical (unpaired) electrons. The van der Waals surface area contributed by atoms with E-state index in [1.54, 1.807) is 11.7 Å². The normalized spacial score (nSPS) is 8.12. The van der Waals surface area contributed by atoms with Crippen LogP contribution in [0.1, 0.15) is 1.43 Å². The zero-order chi connectivity index (χ0) is 5.28. The summed E-state index contributed by atoms with van der Waals surface area (Å²) < 4.78 is 2.02. The van der Waals surface area contributed by atoms with Crippen LogP contribution in [0.4, 0.5) is 0 Å². The first kappa shape index (κ1) is 7.89. The van der Waals surface area contributed by atoms with Crippen LogP contribution < -0.4 is 18.9 Å². The summed E-state index contributed by atoms with van der Waals surface area (Å²) in [5, 5.41) is 9.41. The molecule has 0 bridgehead atoms. The predicted molar refractivity (Wildman–Crippen MR) is 27.3 cm³/mol. The summed E-state index contributed by atoms with van der Waals surface area (Å²) in [5.41, 5.74) is 0. The van der Waals surface area contributed by atoms with Gasteiger partial charge in [0, 0.05) is 7.05 Å². The van der Waals surface area contributed by atoms with Gasteiger partial charge in [0.25, 0.3) is 0 Å². The van der Waals surface area contributed by atoms with Crippen molar-refractivity contribution < 1.29 is 20.3 Å². The maximum absolute atomic E-state index is 4.64. The molecule has 0 saturated carbocycles. The minimum atomic E-state index is 0. The van der Waals surface area contributed by atoms with Crippen molar-refractivity contribution in [2.75, 3.05) is 0 Å². The smallest absolute Gasteiger partial charge is 1.00 e. The molecule has 40 valence electrons. The number of aromatic nitrogens is 4. The van der Waals surface area contributed by atoms with Gasteiger partial charge >= 0.3 is 18.9 Å². The Kier molecular flexibility index (Phi) is 2.98. The third-order valence-electron chi connectivity index (χ3n) is 0.617. The van der Waals surface area contributed by atoms with Crippen LogP contribution in [-0.4, -0.2) is 20.2 Å². The number of rotatable bonds is 0. The number of nitrogens with one attached hydrogen (secondary N) is 1. The summed E-state index contributed by atoms with van der Waals surface area (Å²) in [7, 11) is 1.75. The molecular weight excluding hydrogens is 119 g/mol. The summed E-state index contributed by atoms with van der Waals surface area (Å²) in [5.74, 6) is 0. The number of tetrazole rings is 1. The molecular formula is C2H5LiN4S. The molecule has 0 atom stereocenters. The fourth-order valence-corrected chi connectivity index (χ4v) is 0.324. The molecule has 0 unspecified atom stereocenters. The number of hydrogen-bond donors (Lipinski definition) is 1. The molecule has 1 heterocycles. The van der Waals surface area contributed by atoms with Crippen LogP contribution >= 0.6 is 12.2 Å². The van der Waals surface area contributed by atoms with Crippen LogP contribution in [0.5, 0.6) is 0 Å². The molecule has 0 amide bonds. The Bertz CT molecular complexity index is 206. The molecule has 1 N–H and O–H groups in total. The van der Waals surface area contributed by atoms with Gasteiger partial charge in [-0.15, -0.1) is 0 Å². The van der Waals surface area contributed by atoms with Crippen molar-refractivity contribution in [1.29, 1.82) is 0 Å². The summed E-state index contributed by atoms with van der Waals surface area (Å²) in [6.45, 7) is 0. The fourth-order valence-electron chi connectivity index (χ4n) is 0.242. The van der Waals surface area contributed by atoms with Crippen molar-refractivity contribution in [2.45, 2.75) is 0 Å². The van der Waals surface area contributed by atoms with Crippen molar-refractivity contribution >= 4 is 12.2 Å². The van der Waals surface area contributed by atoms with Crippen molar-refractivity contribution in [3.63, 3.8) is 0 Å². The van der Waals surface area contributed by atoms with Crippen LogP contribution in [0.3, 0.4) is 0 Å². The Balaban J connectivity index is 0. The standard InChI is InChI=1S/C2H4N4S.Li.H/c1-6-2(7)3-4-5-6;;/h1H3,(H,3,5,7);;/q;+1;-1. The SMILES string of the molecule is Cn1[nH]nnc1=S.[H-].[Li+]. The molecule has 0 fully saturated rings. The molecule has 0 saturated heterocycles. The number of aryl methyl sites for hydroxylation is 1. The van der Waals surface area contributed by atoms with Crippen molar-refractivity contribution in [3.05, 3.63) is 4.77 Å². The Morgan fingerprint density at radius 3 is 2.62 bits per heavy atom. The molecule has 1 aromatic rings. The van der Waals surface area contributed by atoms with Crippen LogP contribution in [0, 0.1) is 4.77 Å². The van der Waals surface area contributed by atoms with E-state index in [2.05, 4.69) is 27.7 Å². The third-order valence-corrected chi connectivity index (χ3v) is 0.973. The summed E-state index contributed by atoms with van der Waals surface area (Å²) in [6.07, 6.45) is 0. The summed E-state index contributed by atoms with van der Waals surface area (Å²) in [6, 6.07) is 0. The van der Waals surface area contributed by atoms with E-state index in [0.717, 1.165) is 0 Å². The van der Waals surface area contributed by atoms with E-state index in [0.29, 0.717) is 4.77 Å². The quantitative estimate of drug-likeness (QED) is 0.296. The van der Waals surface area contributed by atoms with E-state index in [9.17, 15) is 0 Å². The van der Waals surface area contributed by atoms with Gasteiger partial charge in [-0.05, 0) is 12.2 Å². The van der Waals surface area contributed by atoms with E-state index >= 15 is 0 Å². The van der Waals surface area contributed by atoms with Gasteiger partial charge in [-0.3, -0.25) is 0 Å². The Hall–Kier alpha value is -0.113. The molecule has 6 heteroatoms. The van der Waals surface area contributed by atoms with Gasteiger partial charge in [-0.2, -0.15) is 5.21 Å². The molecule has 4 nitrogen and oxygen atoms in total. The van der Waals surface area contributed by atoms with E-state index in [4.69, 9.17) is 0 Å². The number of H-pyrrole nitrogens is 1. The van der Waals surface area contributed by atoms with Crippen LogP contribution in [0.25, 0.3) is 0 Å². The summed E-state index contributed by atoms with van der Waals surface area (Å²) in [4.78, 5) is 0. The second-order valence-corrected chi connectivity index (χ2v) is 1.51. The van der Waals surface area contributed by atoms with Gasteiger partial charge in [-0.1, -0.05) is 10.3 Å². The molecule has 0 aromatic carbocycles. The van der Waals surface area contributed by atoms with E-state index in [-0.39, 0.29) is 20.3 Å². The Morgan fingerprint density at radius 1 is 1.88 bits per heavy atom. The van der Waals surface area contributed by atoms with Crippen LogP contribution in [-0.2, 0) is 7.05 Å². The molecule has 0 aliphatic carbocycles. The first-order valence-electron chi connectivity index (χ1n) is 1.75. The van der Waals surface area contributed by atoms with Crippen molar-refractivity contribution in [3.8, 4) is 0 Å². The predicted octanol–water partition coefficient (Wildman–Crippen LogP) is -3.01. The van der Waals surface area contributed by atoms with Crippen molar-refractivity contribution in [2.24, 2.45) is 7.05 Å². The van der Waals surface area contributed by atoms with Crippen molar-refractivity contribution in [1.82, 2.24) is 20.2 Å². The van der Waals surface area contributed by atoms with E-state index in [1.807, 2.05) is 0 Å². The average molecular weight is 124 g/mol. The fraction of sp³-hybridized carbons (Fsp3) is 0.500. The van der Waals surface area contributed by atoms with Gasteiger partial charge in [0.15, 0.2) is 0 Å². The first-order chi connectivity index (χ1) is 3.30. The number of hydrogen-bond acceptors (Lipinski definition) is 3. The average Bonchev–Trinajstić information content (AvgIpc) is 1.91. The first-order valence-corrected chi connectivity index (χ1v) is 2.15. The van der Waals surface area contributed by atoms with Gasteiger partial charge in [0.1, 0.15) is 0 Å². The van der Waals surface area contributed by atoms with E-state index in [1.165, 1.54) is 0 Å². The minimum absolute atomic E-state index is 0. The molecule has 0 aliphatic rings. The molecule has 1 aromatic heterocycles. The number of aromatic amines is 1. The second kappa shape index (κ2) is 3.02. The zero-order valence-corrected chi connectivity index (χ0v) is 5.57. The Morgan fingerprint density at radius 2 is 2.50 bits per heavy atom. The largest absolute Gasteiger partial charge is 1.00 e. The molecule has 0 spiro atoms. The zero-order valence-electron chi connectivity index (χ0n) is 5.75. The molecule has 8 heavy (non-hydrogen) atoms. The molecule has 1 rings (SSSR count). The second-order valence-electron chi connectivity index (χ2n) is 1.14. The van der Waals surface area contributed by atoms with Gasteiger partial charge in [-0.25, -0.2) is 4.68 Å². The molecule has 0 aliphatic heterocycles. The van der Waals surface area contributed by atoms with Crippen LogP contribution in [0.2, 0.25) is 0 Å². The minimum Gasteiger partial charge on any atom is -1.00 e. The topological polar surface area (TPSA) is 46.5 Å². The maximum Gasteiger partial charge on any atom is 1.00 e. The van der Waals surface area contributed by atoms with Crippen LogP contribution in [0.15, 0.2) is 0 Å². The number of nitrogens with zero attached hydrogens (tertiary/aromatic N) is 3. The van der Waals surface area contributed by atoms with Gasteiger partial charge < -0.3 is 1.43 Å². The maximum atomic E-state index is 4.64. The van der Waals surface area contributed by atoms with E-state index < -0.39 is 0 Å².